The number of hydrogen-bond donors (Lipinski definition) is 2. The first-order valence-electron chi connectivity index (χ1n) is 7.54. The Balaban J connectivity index is 1.56. The van der Waals surface area contributed by atoms with Crippen LogP contribution in [0, 0.1) is 0 Å². The molecule has 2 N–H and O–H groups in total. The molecule has 6 heteroatoms. The van der Waals surface area contributed by atoms with E-state index >= 15 is 0 Å². The number of carboxylic acids is 1. The molecule has 1 aliphatic carbocycles. The van der Waals surface area contributed by atoms with Crippen LogP contribution in [0.25, 0.3) is 11.1 Å². The minimum Gasteiger partial charge on any atom is -0.481 e. The number of rotatable bonds is 7. The van der Waals surface area contributed by atoms with Gasteiger partial charge in [-0.2, -0.15) is 0 Å². The van der Waals surface area contributed by atoms with Gasteiger partial charge in [0.15, 0.2) is 11.5 Å². The number of oxazole rings is 1. The van der Waals surface area contributed by atoms with E-state index in [4.69, 9.17) is 9.52 Å². The summed E-state index contributed by atoms with van der Waals surface area (Å²) in [6.45, 7) is 0. The number of amides is 1. The lowest BCUT2D eigenvalue weighted by Gasteiger charge is -2.04. The molecule has 0 radical (unpaired) electrons. The summed E-state index contributed by atoms with van der Waals surface area (Å²) in [5.41, 5.74) is 2.18. The third kappa shape index (κ3) is 3.63. The molecule has 1 fully saturated rings. The van der Waals surface area contributed by atoms with E-state index in [1.807, 2.05) is 6.07 Å². The lowest BCUT2D eigenvalue weighted by atomic mass is 10.2. The van der Waals surface area contributed by atoms with Crippen molar-refractivity contribution in [1.29, 1.82) is 0 Å². The van der Waals surface area contributed by atoms with Crippen LogP contribution < -0.4 is 5.32 Å². The van der Waals surface area contributed by atoms with Crippen molar-refractivity contribution in [3.05, 3.63) is 24.1 Å². The molecule has 1 heterocycles. The number of aliphatic carboxylic acids is 1. The third-order valence-electron chi connectivity index (χ3n) is 3.66. The second-order valence-electron chi connectivity index (χ2n) is 5.66. The standard InChI is InChI=1S/C16H18N2O4/c19-14(3-1-2-4-15(20)21)17-11-7-8-13-12(9-11)18-16(22-13)10-5-6-10/h7-10H,1-6H2,(H,17,19)(H,20,21). The number of anilines is 1. The Bertz CT molecular complexity index is 703. The van der Waals surface area contributed by atoms with Gasteiger partial charge in [0.2, 0.25) is 5.91 Å². The van der Waals surface area contributed by atoms with E-state index in [-0.39, 0.29) is 12.3 Å². The molecular weight excluding hydrogens is 284 g/mol. The van der Waals surface area contributed by atoms with Crippen LogP contribution in [0.1, 0.15) is 50.3 Å². The van der Waals surface area contributed by atoms with E-state index < -0.39 is 5.97 Å². The fourth-order valence-electron chi connectivity index (χ4n) is 2.31. The van der Waals surface area contributed by atoms with Crippen LogP contribution in [-0.2, 0) is 9.59 Å². The number of hydrogen-bond acceptors (Lipinski definition) is 4. The van der Waals surface area contributed by atoms with Crippen LogP contribution in [0.3, 0.4) is 0 Å². The van der Waals surface area contributed by atoms with E-state index in [1.54, 1.807) is 12.1 Å². The lowest BCUT2D eigenvalue weighted by Crippen LogP contribution is -2.11. The molecule has 0 atom stereocenters. The molecule has 116 valence electrons. The van der Waals surface area contributed by atoms with Gasteiger partial charge in [0, 0.05) is 24.4 Å². The molecule has 1 saturated carbocycles. The van der Waals surface area contributed by atoms with Crippen LogP contribution in [0.5, 0.6) is 0 Å². The molecular formula is C16H18N2O4. The van der Waals surface area contributed by atoms with Crippen molar-refractivity contribution in [3.63, 3.8) is 0 Å². The van der Waals surface area contributed by atoms with Crippen LogP contribution in [-0.4, -0.2) is 22.0 Å². The minimum absolute atomic E-state index is 0.0993. The van der Waals surface area contributed by atoms with Gasteiger partial charge in [-0.25, -0.2) is 4.98 Å². The Hall–Kier alpha value is -2.37. The lowest BCUT2D eigenvalue weighted by molar-refractivity contribution is -0.137. The number of carboxylic acid groups (broad SMARTS) is 1. The highest BCUT2D eigenvalue weighted by atomic mass is 16.4. The SMILES string of the molecule is O=C(O)CCCCC(=O)Nc1ccc2oc(C3CC3)nc2c1. The first-order chi connectivity index (χ1) is 10.6. The molecule has 6 nitrogen and oxygen atoms in total. The van der Waals surface area contributed by atoms with Gasteiger partial charge in [0.05, 0.1) is 0 Å². The van der Waals surface area contributed by atoms with Crippen molar-refractivity contribution in [2.45, 2.75) is 44.4 Å². The molecule has 1 aromatic carbocycles. The van der Waals surface area contributed by atoms with Gasteiger partial charge in [0.25, 0.3) is 0 Å². The average Bonchev–Trinajstić information content (AvgIpc) is 3.23. The number of fused-ring (bicyclic) bond motifs is 1. The summed E-state index contributed by atoms with van der Waals surface area (Å²) in [4.78, 5) is 26.7. The Morgan fingerprint density at radius 3 is 2.77 bits per heavy atom. The topological polar surface area (TPSA) is 92.4 Å². The molecule has 2 aromatic rings. The van der Waals surface area contributed by atoms with Crippen LogP contribution in [0.2, 0.25) is 0 Å². The van der Waals surface area contributed by atoms with Gasteiger partial charge in [-0.1, -0.05) is 0 Å². The van der Waals surface area contributed by atoms with E-state index in [9.17, 15) is 9.59 Å². The quantitative estimate of drug-likeness (QED) is 0.766. The number of nitrogens with one attached hydrogen (secondary N) is 1. The average molecular weight is 302 g/mol. The molecule has 1 aromatic heterocycles. The predicted octanol–water partition coefficient (Wildman–Crippen LogP) is 3.29. The number of carbonyl (C=O) groups is 2. The van der Waals surface area contributed by atoms with Gasteiger partial charge < -0.3 is 14.8 Å². The monoisotopic (exact) mass is 302 g/mol. The van der Waals surface area contributed by atoms with Gasteiger partial charge in [-0.05, 0) is 43.9 Å². The molecule has 0 bridgehead atoms. The summed E-state index contributed by atoms with van der Waals surface area (Å²) in [5, 5.41) is 11.4. The zero-order valence-electron chi connectivity index (χ0n) is 12.2. The first-order valence-corrected chi connectivity index (χ1v) is 7.54. The van der Waals surface area contributed by atoms with Crippen LogP contribution >= 0.6 is 0 Å². The summed E-state index contributed by atoms with van der Waals surface area (Å²) in [6, 6.07) is 5.41. The van der Waals surface area contributed by atoms with Crippen LogP contribution in [0.15, 0.2) is 22.6 Å². The highest BCUT2D eigenvalue weighted by Gasteiger charge is 2.28. The summed E-state index contributed by atoms with van der Waals surface area (Å²) in [5.74, 6) is 0.297. The highest BCUT2D eigenvalue weighted by Crippen LogP contribution is 2.40. The van der Waals surface area contributed by atoms with Gasteiger partial charge in [0.1, 0.15) is 5.52 Å². The van der Waals surface area contributed by atoms with Crippen molar-refractivity contribution in [2.75, 3.05) is 5.32 Å². The normalized spacial score (nSPS) is 14.2. The zero-order chi connectivity index (χ0) is 15.5. The van der Waals surface area contributed by atoms with Crippen molar-refractivity contribution < 1.29 is 19.1 Å². The maximum absolute atomic E-state index is 11.8. The predicted molar refractivity (Wildman–Crippen MR) is 80.7 cm³/mol. The van der Waals surface area contributed by atoms with Crippen LogP contribution in [0.4, 0.5) is 5.69 Å². The Morgan fingerprint density at radius 2 is 2.05 bits per heavy atom. The minimum atomic E-state index is -0.830. The molecule has 1 aliphatic rings. The molecule has 0 spiro atoms. The second-order valence-corrected chi connectivity index (χ2v) is 5.66. The second kappa shape index (κ2) is 6.17. The molecule has 22 heavy (non-hydrogen) atoms. The molecule has 1 amide bonds. The first kappa shape index (κ1) is 14.6. The van der Waals surface area contributed by atoms with Crippen molar-refractivity contribution in [2.24, 2.45) is 0 Å². The highest BCUT2D eigenvalue weighted by molar-refractivity contribution is 5.92. The number of aromatic nitrogens is 1. The number of nitrogens with zero attached hydrogens (tertiary/aromatic N) is 1. The smallest absolute Gasteiger partial charge is 0.303 e. The van der Waals surface area contributed by atoms with E-state index in [2.05, 4.69) is 10.3 Å². The van der Waals surface area contributed by atoms with Crippen molar-refractivity contribution in [1.82, 2.24) is 4.98 Å². The fourth-order valence-corrected chi connectivity index (χ4v) is 2.31. The van der Waals surface area contributed by atoms with Gasteiger partial charge in [-0.15, -0.1) is 0 Å². The maximum atomic E-state index is 11.8. The largest absolute Gasteiger partial charge is 0.481 e. The molecule has 0 aliphatic heterocycles. The number of benzene rings is 1. The molecule has 3 rings (SSSR count). The van der Waals surface area contributed by atoms with Gasteiger partial charge >= 0.3 is 5.97 Å². The van der Waals surface area contributed by atoms with E-state index in [0.29, 0.717) is 30.9 Å². The maximum Gasteiger partial charge on any atom is 0.303 e. The molecule has 0 saturated heterocycles. The van der Waals surface area contributed by atoms with E-state index in [0.717, 1.165) is 29.8 Å². The summed E-state index contributed by atoms with van der Waals surface area (Å²) >= 11 is 0. The summed E-state index contributed by atoms with van der Waals surface area (Å²) < 4.78 is 5.67. The van der Waals surface area contributed by atoms with E-state index in [1.165, 1.54) is 0 Å². The molecule has 0 unspecified atom stereocenters. The Kier molecular flexibility index (Phi) is 4.09. The van der Waals surface area contributed by atoms with Crippen molar-refractivity contribution in [3.8, 4) is 0 Å². The third-order valence-corrected chi connectivity index (χ3v) is 3.66. The van der Waals surface area contributed by atoms with Gasteiger partial charge in [-0.3, -0.25) is 9.59 Å². The summed E-state index contributed by atoms with van der Waals surface area (Å²) in [7, 11) is 0. The van der Waals surface area contributed by atoms with Crippen molar-refractivity contribution >= 4 is 28.7 Å². The zero-order valence-corrected chi connectivity index (χ0v) is 12.2. The fraction of sp³-hybridized carbons (Fsp3) is 0.438. The number of carbonyl (C=O) groups excluding carboxylic acids is 1. The Labute approximate surface area is 127 Å². The Morgan fingerprint density at radius 1 is 1.27 bits per heavy atom. The summed E-state index contributed by atoms with van der Waals surface area (Å²) in [6.07, 6.45) is 3.76. The number of unbranched alkanes of at least 4 members (excludes halogenated alkanes) is 1.